The van der Waals surface area contributed by atoms with Crippen molar-refractivity contribution >= 4 is 0 Å². The Balaban J connectivity index is 1.68. The summed E-state index contributed by atoms with van der Waals surface area (Å²) in [4.78, 5) is 0. The summed E-state index contributed by atoms with van der Waals surface area (Å²) in [6.07, 6.45) is -3.10. The van der Waals surface area contributed by atoms with E-state index in [9.17, 15) is 15.3 Å². The maximum atomic E-state index is 10.3. The van der Waals surface area contributed by atoms with Crippen molar-refractivity contribution in [3.05, 3.63) is 47.8 Å². The molecule has 1 aliphatic heterocycles. The van der Waals surface area contributed by atoms with Gasteiger partial charge in [-0.05, 0) is 5.56 Å². The van der Waals surface area contributed by atoms with Gasteiger partial charge in [0.1, 0.15) is 36.2 Å². The summed E-state index contributed by atoms with van der Waals surface area (Å²) in [5.41, 5.74) is 1.08. The quantitative estimate of drug-likeness (QED) is 0.548. The minimum absolute atomic E-state index is 0.156. The number of nitrogens with zero attached hydrogens (tertiary/aromatic N) is 3. The van der Waals surface area contributed by atoms with Crippen LogP contribution in [0.25, 0.3) is 0 Å². The summed E-state index contributed by atoms with van der Waals surface area (Å²) < 4.78 is 6.82. The Hall–Kier alpha value is -1.84. The van der Waals surface area contributed by atoms with Crippen molar-refractivity contribution in [2.75, 3.05) is 6.61 Å². The average molecular weight is 321 g/mol. The second kappa shape index (κ2) is 6.73. The molecule has 23 heavy (non-hydrogen) atoms. The summed E-state index contributed by atoms with van der Waals surface area (Å²) in [5.74, 6) is 0. The van der Waals surface area contributed by atoms with E-state index in [0.29, 0.717) is 11.3 Å². The lowest BCUT2D eigenvalue weighted by Gasteiger charge is -2.13. The van der Waals surface area contributed by atoms with Gasteiger partial charge in [0.25, 0.3) is 0 Å². The van der Waals surface area contributed by atoms with Crippen LogP contribution in [-0.2, 0) is 11.3 Å². The average Bonchev–Trinajstić information content (AvgIpc) is 3.15. The van der Waals surface area contributed by atoms with Gasteiger partial charge >= 0.3 is 0 Å². The standard InChI is InChI=1S/C15H19N3O5/c19-8-12-15(22)14(21)11(23-12)7-18-6-10(16-17-18)13(20)9-4-2-1-3-5-9/h1-6,11-15,19-22H,7-8H2/t11-,12+,13?,14+,15+/m0/s1. The predicted octanol–water partition coefficient (Wildman–Crippen LogP) is -1.16. The van der Waals surface area contributed by atoms with Crippen LogP contribution in [-0.4, -0.2) is 66.4 Å². The SMILES string of the molecule is OC[C@H]1O[C@@H](Cn2cc(C(O)c3ccccc3)nn2)[C@@H](O)[C@@H]1O. The van der Waals surface area contributed by atoms with Crippen molar-refractivity contribution in [3.8, 4) is 0 Å². The first kappa shape index (κ1) is 16.0. The van der Waals surface area contributed by atoms with E-state index < -0.39 is 30.5 Å². The van der Waals surface area contributed by atoms with E-state index in [4.69, 9.17) is 9.84 Å². The van der Waals surface area contributed by atoms with E-state index in [1.54, 1.807) is 18.3 Å². The third-order valence-corrected chi connectivity index (χ3v) is 3.96. The Morgan fingerprint density at radius 1 is 1.13 bits per heavy atom. The van der Waals surface area contributed by atoms with Gasteiger partial charge in [-0.1, -0.05) is 35.5 Å². The van der Waals surface area contributed by atoms with Gasteiger partial charge in [-0.2, -0.15) is 0 Å². The van der Waals surface area contributed by atoms with Gasteiger partial charge in [-0.25, -0.2) is 4.68 Å². The second-order valence-corrected chi connectivity index (χ2v) is 5.56. The van der Waals surface area contributed by atoms with Gasteiger partial charge in [-0.15, -0.1) is 5.10 Å². The molecule has 0 amide bonds. The highest BCUT2D eigenvalue weighted by molar-refractivity contribution is 5.23. The Morgan fingerprint density at radius 2 is 1.83 bits per heavy atom. The minimum Gasteiger partial charge on any atom is -0.394 e. The van der Waals surface area contributed by atoms with E-state index in [1.807, 2.05) is 18.2 Å². The number of aliphatic hydroxyl groups excluding tert-OH is 4. The first-order valence-corrected chi connectivity index (χ1v) is 7.35. The molecule has 1 saturated heterocycles. The van der Waals surface area contributed by atoms with E-state index >= 15 is 0 Å². The van der Waals surface area contributed by atoms with Crippen LogP contribution >= 0.6 is 0 Å². The smallest absolute Gasteiger partial charge is 0.124 e. The van der Waals surface area contributed by atoms with Crippen molar-refractivity contribution < 1.29 is 25.2 Å². The summed E-state index contributed by atoms with van der Waals surface area (Å²) in [6.45, 7) is -0.215. The summed E-state index contributed by atoms with van der Waals surface area (Å²) in [7, 11) is 0. The van der Waals surface area contributed by atoms with Gasteiger partial charge in [0.2, 0.25) is 0 Å². The predicted molar refractivity (Wildman–Crippen MR) is 78.3 cm³/mol. The molecule has 5 atom stereocenters. The fourth-order valence-electron chi connectivity index (χ4n) is 2.65. The minimum atomic E-state index is -1.14. The molecule has 1 unspecified atom stereocenters. The van der Waals surface area contributed by atoms with E-state index in [1.165, 1.54) is 4.68 Å². The van der Waals surface area contributed by atoms with E-state index in [0.717, 1.165) is 0 Å². The summed E-state index contributed by atoms with van der Waals surface area (Å²) >= 11 is 0. The molecule has 0 saturated carbocycles. The van der Waals surface area contributed by atoms with Gasteiger partial charge in [0.15, 0.2) is 0 Å². The molecule has 4 N–H and O–H groups in total. The Labute approximate surface area is 132 Å². The number of hydrogen-bond acceptors (Lipinski definition) is 7. The number of benzene rings is 1. The molecule has 0 spiro atoms. The maximum absolute atomic E-state index is 10.3. The van der Waals surface area contributed by atoms with Crippen molar-refractivity contribution in [1.82, 2.24) is 15.0 Å². The second-order valence-electron chi connectivity index (χ2n) is 5.56. The molecular formula is C15H19N3O5. The van der Waals surface area contributed by atoms with Crippen molar-refractivity contribution in [1.29, 1.82) is 0 Å². The van der Waals surface area contributed by atoms with Crippen LogP contribution in [0.1, 0.15) is 17.4 Å². The Kier molecular flexibility index (Phi) is 4.69. The first-order chi connectivity index (χ1) is 11.1. The largest absolute Gasteiger partial charge is 0.394 e. The fraction of sp³-hybridized carbons (Fsp3) is 0.467. The number of aliphatic hydroxyl groups is 4. The van der Waals surface area contributed by atoms with Crippen LogP contribution < -0.4 is 0 Å². The fourth-order valence-corrected chi connectivity index (χ4v) is 2.65. The van der Waals surface area contributed by atoms with Crippen LogP contribution in [0.2, 0.25) is 0 Å². The molecule has 1 aliphatic rings. The first-order valence-electron chi connectivity index (χ1n) is 7.35. The summed E-state index contributed by atoms with van der Waals surface area (Å²) in [6, 6.07) is 9.07. The summed E-state index contributed by atoms with van der Waals surface area (Å²) in [5, 5.41) is 46.8. The van der Waals surface area contributed by atoms with Gasteiger partial charge in [0.05, 0.1) is 19.3 Å². The topological polar surface area (TPSA) is 121 Å². The van der Waals surface area contributed by atoms with Crippen LogP contribution in [0.4, 0.5) is 0 Å². The molecule has 0 bridgehead atoms. The van der Waals surface area contributed by atoms with Crippen LogP contribution in [0.5, 0.6) is 0 Å². The zero-order chi connectivity index (χ0) is 16.4. The highest BCUT2D eigenvalue weighted by atomic mass is 16.6. The maximum Gasteiger partial charge on any atom is 0.124 e. The number of rotatable bonds is 5. The molecule has 2 heterocycles. The lowest BCUT2D eigenvalue weighted by atomic mass is 10.1. The Bertz CT molecular complexity index is 635. The zero-order valence-electron chi connectivity index (χ0n) is 12.3. The molecule has 124 valence electrons. The van der Waals surface area contributed by atoms with Crippen molar-refractivity contribution in [3.63, 3.8) is 0 Å². The molecule has 1 fully saturated rings. The van der Waals surface area contributed by atoms with Gasteiger partial charge in [0, 0.05) is 0 Å². The number of ether oxygens (including phenoxy) is 1. The van der Waals surface area contributed by atoms with Crippen LogP contribution in [0.15, 0.2) is 36.5 Å². The normalized spacial score (nSPS) is 28.9. The molecular weight excluding hydrogens is 302 g/mol. The zero-order valence-corrected chi connectivity index (χ0v) is 12.3. The molecule has 1 aromatic carbocycles. The highest BCUT2D eigenvalue weighted by Crippen LogP contribution is 2.23. The third kappa shape index (κ3) is 3.26. The van der Waals surface area contributed by atoms with Crippen LogP contribution in [0.3, 0.4) is 0 Å². The molecule has 8 heteroatoms. The van der Waals surface area contributed by atoms with Crippen LogP contribution in [0, 0.1) is 0 Å². The molecule has 8 nitrogen and oxygen atoms in total. The molecule has 0 aliphatic carbocycles. The monoisotopic (exact) mass is 321 g/mol. The van der Waals surface area contributed by atoms with Crippen molar-refractivity contribution in [2.45, 2.75) is 37.1 Å². The van der Waals surface area contributed by atoms with Crippen molar-refractivity contribution in [2.24, 2.45) is 0 Å². The Morgan fingerprint density at radius 3 is 2.48 bits per heavy atom. The van der Waals surface area contributed by atoms with E-state index in [2.05, 4.69) is 10.3 Å². The van der Waals surface area contributed by atoms with Gasteiger partial charge < -0.3 is 25.2 Å². The van der Waals surface area contributed by atoms with E-state index in [-0.39, 0.29) is 13.2 Å². The number of hydrogen-bond donors (Lipinski definition) is 4. The molecule has 2 aromatic rings. The lowest BCUT2D eigenvalue weighted by Crippen LogP contribution is -2.35. The molecule has 3 rings (SSSR count). The highest BCUT2D eigenvalue weighted by Gasteiger charge is 2.42. The number of aromatic nitrogens is 3. The van der Waals surface area contributed by atoms with Gasteiger partial charge in [-0.3, -0.25) is 0 Å². The lowest BCUT2D eigenvalue weighted by molar-refractivity contribution is -0.0276. The third-order valence-electron chi connectivity index (χ3n) is 3.96. The molecule has 0 radical (unpaired) electrons. The molecule has 1 aromatic heterocycles.